The Hall–Kier alpha value is -1.94. The molecule has 0 aliphatic rings. The van der Waals surface area contributed by atoms with Gasteiger partial charge >= 0.3 is 6.18 Å². The summed E-state index contributed by atoms with van der Waals surface area (Å²) in [5, 5.41) is 2.20. The molecule has 0 aliphatic heterocycles. The molecule has 3 aromatic heterocycles. The fraction of sp³-hybridized carbons (Fsp3) is 0.0909. The number of aromatic nitrogens is 5. The molecule has 0 unspecified atom stereocenters. The quantitative estimate of drug-likeness (QED) is 0.673. The normalized spacial score (nSPS) is 11.9. The summed E-state index contributed by atoms with van der Waals surface area (Å²) in [6, 6.07) is 0. The second-order valence-electron chi connectivity index (χ2n) is 4.13. The molecule has 3 aromatic rings. The molecule has 6 nitrogen and oxygen atoms in total. The van der Waals surface area contributed by atoms with E-state index in [1.807, 2.05) is 0 Å². The second-order valence-corrected chi connectivity index (χ2v) is 5.28. The highest BCUT2D eigenvalue weighted by molar-refractivity contribution is 9.10. The molecule has 0 aromatic carbocycles. The summed E-state index contributed by atoms with van der Waals surface area (Å²) < 4.78 is 41.0. The molecule has 0 aliphatic carbocycles. The molecule has 1 N–H and O–H groups in total. The molecular weight excluding hydrogens is 389 g/mol. The average molecular weight is 394 g/mol. The topological polar surface area (TPSA) is 68.0 Å². The van der Waals surface area contributed by atoms with Crippen molar-refractivity contribution in [2.75, 3.05) is 5.32 Å². The van der Waals surface area contributed by atoms with Crippen LogP contribution in [-0.4, -0.2) is 24.3 Å². The Morgan fingerprint density at radius 3 is 2.64 bits per heavy atom. The third kappa shape index (κ3) is 2.97. The largest absolute Gasteiger partial charge is 0.421 e. The van der Waals surface area contributed by atoms with E-state index in [4.69, 9.17) is 11.6 Å². The first-order valence-electron chi connectivity index (χ1n) is 5.70. The van der Waals surface area contributed by atoms with E-state index in [0.29, 0.717) is 16.4 Å². The van der Waals surface area contributed by atoms with Crippen LogP contribution < -0.4 is 5.32 Å². The minimum atomic E-state index is -4.61. The Balaban J connectivity index is 2.02. The lowest BCUT2D eigenvalue weighted by Gasteiger charge is -2.11. The smallest absolute Gasteiger partial charge is 0.323 e. The Kier molecular flexibility index (Phi) is 3.65. The van der Waals surface area contributed by atoms with Gasteiger partial charge in [0.15, 0.2) is 11.5 Å². The Labute approximate surface area is 134 Å². The summed E-state index contributed by atoms with van der Waals surface area (Å²) in [4.78, 5) is 15.0. The number of fused-ring (bicyclic) bond motifs is 1. The number of nitrogens with zero attached hydrogens (tertiary/aromatic N) is 5. The molecule has 3 heterocycles. The molecule has 3 rings (SSSR count). The van der Waals surface area contributed by atoms with Crippen LogP contribution >= 0.6 is 27.5 Å². The van der Waals surface area contributed by atoms with Gasteiger partial charge in [-0.15, -0.1) is 0 Å². The van der Waals surface area contributed by atoms with Gasteiger partial charge in [-0.25, -0.2) is 15.0 Å². The fourth-order valence-corrected chi connectivity index (χ4v) is 2.18. The second kappa shape index (κ2) is 5.36. The van der Waals surface area contributed by atoms with Gasteiger partial charge in [0.25, 0.3) is 0 Å². The highest BCUT2D eigenvalue weighted by Crippen LogP contribution is 2.34. The Bertz CT molecular complexity index is 849. The van der Waals surface area contributed by atoms with Gasteiger partial charge in [-0.1, -0.05) is 0 Å². The van der Waals surface area contributed by atoms with Gasteiger partial charge in [-0.3, -0.25) is 0 Å². The minimum absolute atomic E-state index is 0.167. The summed E-state index contributed by atoms with van der Waals surface area (Å²) in [7, 11) is 0. The van der Waals surface area contributed by atoms with Crippen molar-refractivity contribution in [2.24, 2.45) is 0 Å². The van der Waals surface area contributed by atoms with Crippen LogP contribution in [0.25, 0.3) is 5.65 Å². The molecule has 22 heavy (non-hydrogen) atoms. The van der Waals surface area contributed by atoms with Crippen LogP contribution in [0.4, 0.5) is 24.8 Å². The van der Waals surface area contributed by atoms with Crippen molar-refractivity contribution < 1.29 is 13.2 Å². The van der Waals surface area contributed by atoms with Crippen LogP contribution in [0.2, 0.25) is 5.28 Å². The van der Waals surface area contributed by atoms with Crippen molar-refractivity contribution in [1.29, 1.82) is 0 Å². The summed E-state index contributed by atoms with van der Waals surface area (Å²) in [6.07, 6.45) is 0.582. The number of hydrogen-bond acceptors (Lipinski definition) is 5. The molecule has 0 radical (unpaired) electrons. The van der Waals surface area contributed by atoms with Gasteiger partial charge in [-0.2, -0.15) is 18.2 Å². The number of imidazole rings is 1. The first-order chi connectivity index (χ1) is 10.3. The summed E-state index contributed by atoms with van der Waals surface area (Å²) in [5.41, 5.74) is -0.576. The standard InChI is InChI=1S/C11H5BrClF3N6/c12-6-3-22-4-7(19-8(22)2-17-6)20-9-5(11(14,15)16)1-18-10(13)21-9/h1-4H,(H,18,20,21). The monoisotopic (exact) mass is 392 g/mol. The summed E-state index contributed by atoms with van der Waals surface area (Å²) >= 11 is 8.75. The summed E-state index contributed by atoms with van der Waals surface area (Å²) in [6.45, 7) is 0. The predicted molar refractivity (Wildman–Crippen MR) is 76.0 cm³/mol. The van der Waals surface area contributed by atoms with E-state index in [9.17, 15) is 13.2 Å². The van der Waals surface area contributed by atoms with Crippen LogP contribution in [0.1, 0.15) is 5.56 Å². The first kappa shape index (κ1) is 15.0. The van der Waals surface area contributed by atoms with E-state index < -0.39 is 17.6 Å². The molecular formula is C11H5BrClF3N6. The van der Waals surface area contributed by atoms with Crippen molar-refractivity contribution in [1.82, 2.24) is 24.3 Å². The zero-order valence-corrected chi connectivity index (χ0v) is 12.8. The third-order valence-corrected chi connectivity index (χ3v) is 3.21. The summed E-state index contributed by atoms with van der Waals surface area (Å²) in [5.74, 6) is -0.303. The highest BCUT2D eigenvalue weighted by Gasteiger charge is 2.35. The van der Waals surface area contributed by atoms with Crippen molar-refractivity contribution >= 4 is 44.8 Å². The van der Waals surface area contributed by atoms with Gasteiger partial charge in [0.05, 0.1) is 12.4 Å². The molecule has 0 saturated carbocycles. The fourth-order valence-electron chi connectivity index (χ4n) is 1.72. The molecule has 0 atom stereocenters. The zero-order valence-electron chi connectivity index (χ0n) is 10.4. The number of hydrogen-bond donors (Lipinski definition) is 1. The molecule has 0 spiro atoms. The van der Waals surface area contributed by atoms with E-state index in [0.717, 1.165) is 0 Å². The van der Waals surface area contributed by atoms with E-state index in [1.54, 1.807) is 10.6 Å². The number of anilines is 2. The SMILES string of the molecule is FC(F)(F)c1cnc(Cl)nc1Nc1cn2cc(Br)ncc2n1. The van der Waals surface area contributed by atoms with Gasteiger partial charge in [0, 0.05) is 12.4 Å². The van der Waals surface area contributed by atoms with Crippen molar-refractivity contribution in [3.63, 3.8) is 0 Å². The maximum absolute atomic E-state index is 12.9. The lowest BCUT2D eigenvalue weighted by Crippen LogP contribution is -2.11. The molecule has 0 fully saturated rings. The Morgan fingerprint density at radius 2 is 1.91 bits per heavy atom. The molecule has 0 amide bonds. The van der Waals surface area contributed by atoms with Crippen molar-refractivity contribution in [3.8, 4) is 0 Å². The number of rotatable bonds is 2. The van der Waals surface area contributed by atoms with Crippen LogP contribution in [0.5, 0.6) is 0 Å². The molecule has 0 saturated heterocycles. The van der Waals surface area contributed by atoms with Gasteiger partial charge in [0.2, 0.25) is 5.28 Å². The zero-order chi connectivity index (χ0) is 15.9. The number of alkyl halides is 3. The predicted octanol–water partition coefficient (Wildman–Crippen LogP) is 3.70. The average Bonchev–Trinajstić information content (AvgIpc) is 2.78. The first-order valence-corrected chi connectivity index (χ1v) is 6.87. The third-order valence-electron chi connectivity index (χ3n) is 2.62. The Morgan fingerprint density at radius 1 is 1.14 bits per heavy atom. The van der Waals surface area contributed by atoms with Gasteiger partial charge in [-0.05, 0) is 27.5 Å². The van der Waals surface area contributed by atoms with E-state index in [-0.39, 0.29) is 11.1 Å². The van der Waals surface area contributed by atoms with Crippen molar-refractivity contribution in [3.05, 3.63) is 40.2 Å². The van der Waals surface area contributed by atoms with Gasteiger partial charge in [0.1, 0.15) is 16.0 Å². The van der Waals surface area contributed by atoms with E-state index in [1.165, 1.54) is 12.4 Å². The molecule has 114 valence electrons. The van der Waals surface area contributed by atoms with E-state index >= 15 is 0 Å². The lowest BCUT2D eigenvalue weighted by atomic mass is 10.3. The molecule has 0 bridgehead atoms. The number of nitrogens with one attached hydrogen (secondary N) is 1. The lowest BCUT2D eigenvalue weighted by molar-refractivity contribution is -0.137. The van der Waals surface area contributed by atoms with Crippen molar-refractivity contribution in [2.45, 2.75) is 6.18 Å². The maximum atomic E-state index is 12.9. The van der Waals surface area contributed by atoms with E-state index in [2.05, 4.69) is 41.2 Å². The molecule has 11 heteroatoms. The van der Waals surface area contributed by atoms with Crippen LogP contribution in [0.3, 0.4) is 0 Å². The van der Waals surface area contributed by atoms with Crippen LogP contribution in [0, 0.1) is 0 Å². The minimum Gasteiger partial charge on any atom is -0.323 e. The van der Waals surface area contributed by atoms with Gasteiger partial charge < -0.3 is 9.72 Å². The van der Waals surface area contributed by atoms with Crippen LogP contribution in [-0.2, 0) is 6.18 Å². The highest BCUT2D eigenvalue weighted by atomic mass is 79.9. The number of halogens is 5. The maximum Gasteiger partial charge on any atom is 0.421 e. The van der Waals surface area contributed by atoms with Crippen LogP contribution in [0.15, 0.2) is 29.4 Å².